The molecule has 6 rings (SSSR count). The topological polar surface area (TPSA) is 51.1 Å². The minimum Gasteiger partial charge on any atom is -0.488 e. The number of nitrogens with one attached hydrogen (secondary N) is 2. The Morgan fingerprint density at radius 3 is 2.83 bits per heavy atom. The van der Waals surface area contributed by atoms with Crippen LogP contribution in [0.1, 0.15) is 39.6 Å². The number of ether oxygens (including phenoxy) is 1. The third-order valence-electron chi connectivity index (χ3n) is 7.08. The molecule has 5 nitrogen and oxygen atoms in total. The third kappa shape index (κ3) is 3.18. The molecule has 4 atom stereocenters. The van der Waals surface area contributed by atoms with Gasteiger partial charge in [0.05, 0.1) is 5.69 Å². The highest BCUT2D eigenvalue weighted by molar-refractivity contribution is 5.78. The number of hydrogen-bond acceptors (Lipinski definition) is 4. The van der Waals surface area contributed by atoms with Gasteiger partial charge in [-0.05, 0) is 73.1 Å². The second-order valence-electron chi connectivity index (χ2n) is 9.13. The molecule has 2 N–H and O–H groups in total. The Kier molecular flexibility index (Phi) is 4.30. The van der Waals surface area contributed by atoms with Crippen molar-refractivity contribution >= 4 is 5.69 Å². The van der Waals surface area contributed by atoms with E-state index >= 15 is 0 Å². The summed E-state index contributed by atoms with van der Waals surface area (Å²) in [6, 6.07) is 16.9. The average molecular weight is 403 g/mol. The fourth-order valence-electron chi connectivity index (χ4n) is 5.48. The number of benzene rings is 2. The maximum absolute atomic E-state index is 6.14. The number of aromatic nitrogens is 2. The summed E-state index contributed by atoms with van der Waals surface area (Å²) in [5.74, 6) is 1.61. The molecule has 2 fully saturated rings. The maximum atomic E-state index is 6.14. The number of fused-ring (bicyclic) bond motifs is 5. The van der Waals surface area contributed by atoms with Gasteiger partial charge < -0.3 is 15.4 Å². The quantitative estimate of drug-likeness (QED) is 0.647. The van der Waals surface area contributed by atoms with E-state index in [-0.39, 0.29) is 1.43 Å². The van der Waals surface area contributed by atoms with E-state index in [0.29, 0.717) is 24.6 Å². The van der Waals surface area contributed by atoms with Gasteiger partial charge in [0.15, 0.2) is 0 Å². The molecule has 2 bridgehead atoms. The smallest absolute Gasteiger partial charge is 0.129 e. The molecular weight excluding hydrogens is 372 g/mol. The highest BCUT2D eigenvalue weighted by atomic mass is 16.5. The second-order valence-corrected chi connectivity index (χ2v) is 9.13. The molecule has 3 aliphatic rings. The molecule has 0 unspecified atom stereocenters. The van der Waals surface area contributed by atoms with Crippen LogP contribution in [0, 0.1) is 5.92 Å². The van der Waals surface area contributed by atoms with Crippen LogP contribution in [0.25, 0.3) is 16.8 Å². The molecule has 1 aromatic heterocycles. The lowest BCUT2D eigenvalue weighted by atomic mass is 9.88. The molecule has 2 aromatic carbocycles. The molecule has 0 radical (unpaired) electrons. The zero-order valence-electron chi connectivity index (χ0n) is 17.3. The number of nitrogens with zero attached hydrogens (tertiary/aromatic N) is 2. The fraction of sp³-hybridized carbons (Fsp3) is 0.400. The van der Waals surface area contributed by atoms with Gasteiger partial charge in [-0.3, -0.25) is 0 Å². The van der Waals surface area contributed by atoms with Gasteiger partial charge in [-0.1, -0.05) is 13.0 Å². The standard InChI is InChI=1S/C25H28N4O.H2/c1-16-11-18-3-4-20(27-18)13-24(16)28-19-5-7-22-17(12-19)15-30-25-14-21(6-8-23(22)25)29-10-2-9-26-29;/h2,5-10,12,14,16,18,20,24,27-28H,3-4,11,13,15H2,1H3;1H/t16-,18+,20-,24-;/m0./s1. The van der Waals surface area contributed by atoms with Gasteiger partial charge in [0.25, 0.3) is 0 Å². The molecule has 4 heterocycles. The first-order valence-corrected chi connectivity index (χ1v) is 11.2. The van der Waals surface area contributed by atoms with E-state index in [0.717, 1.165) is 23.0 Å². The van der Waals surface area contributed by atoms with E-state index in [2.05, 4.69) is 59.1 Å². The molecule has 0 amide bonds. The van der Waals surface area contributed by atoms with Crippen LogP contribution >= 0.6 is 0 Å². The van der Waals surface area contributed by atoms with Crippen molar-refractivity contribution < 1.29 is 6.16 Å². The van der Waals surface area contributed by atoms with Gasteiger partial charge in [-0.15, -0.1) is 0 Å². The number of anilines is 1. The zero-order chi connectivity index (χ0) is 20.1. The number of rotatable bonds is 3. The Morgan fingerprint density at radius 2 is 1.97 bits per heavy atom. The Labute approximate surface area is 178 Å². The first-order chi connectivity index (χ1) is 14.7. The summed E-state index contributed by atoms with van der Waals surface area (Å²) in [6.07, 6.45) is 8.90. The van der Waals surface area contributed by atoms with Crippen molar-refractivity contribution in [1.82, 2.24) is 15.1 Å². The van der Waals surface area contributed by atoms with Crippen LogP contribution in [0.5, 0.6) is 5.75 Å². The van der Waals surface area contributed by atoms with Gasteiger partial charge in [0.2, 0.25) is 0 Å². The van der Waals surface area contributed by atoms with E-state index in [9.17, 15) is 0 Å². The minimum atomic E-state index is 0. The molecule has 0 aliphatic carbocycles. The van der Waals surface area contributed by atoms with E-state index in [4.69, 9.17) is 4.74 Å². The van der Waals surface area contributed by atoms with Crippen LogP contribution in [0.3, 0.4) is 0 Å². The lowest BCUT2D eigenvalue weighted by Gasteiger charge is -2.28. The molecule has 156 valence electrons. The molecule has 0 saturated carbocycles. The van der Waals surface area contributed by atoms with Gasteiger partial charge in [-0.2, -0.15) is 5.10 Å². The largest absolute Gasteiger partial charge is 0.488 e. The Hall–Kier alpha value is -2.79. The molecule has 0 spiro atoms. The van der Waals surface area contributed by atoms with Crippen molar-refractivity contribution in [2.75, 3.05) is 5.32 Å². The lowest BCUT2D eigenvalue weighted by Crippen LogP contribution is -2.31. The normalized spacial score (nSPS) is 27.0. The summed E-state index contributed by atoms with van der Waals surface area (Å²) in [7, 11) is 0. The van der Waals surface area contributed by atoms with Gasteiger partial charge >= 0.3 is 0 Å². The monoisotopic (exact) mass is 402 g/mol. The van der Waals surface area contributed by atoms with Crippen molar-refractivity contribution in [2.45, 2.75) is 57.3 Å². The van der Waals surface area contributed by atoms with Crippen LogP contribution in [-0.4, -0.2) is 27.9 Å². The highest BCUT2D eigenvalue weighted by Gasteiger charge is 2.34. The van der Waals surface area contributed by atoms with Crippen LogP contribution in [-0.2, 0) is 6.61 Å². The van der Waals surface area contributed by atoms with Crippen LogP contribution in [0.4, 0.5) is 5.69 Å². The first-order valence-electron chi connectivity index (χ1n) is 11.2. The predicted molar refractivity (Wildman–Crippen MR) is 121 cm³/mol. The molecule has 2 saturated heterocycles. The fourth-order valence-corrected chi connectivity index (χ4v) is 5.48. The number of hydrogen-bond donors (Lipinski definition) is 2. The van der Waals surface area contributed by atoms with Gasteiger partial charge in [0.1, 0.15) is 12.4 Å². The van der Waals surface area contributed by atoms with Crippen LogP contribution < -0.4 is 15.4 Å². The third-order valence-corrected chi connectivity index (χ3v) is 7.08. The summed E-state index contributed by atoms with van der Waals surface area (Å²) in [5, 5.41) is 12.0. The Balaban J connectivity index is 0.00000204. The highest BCUT2D eigenvalue weighted by Crippen LogP contribution is 2.40. The predicted octanol–water partition coefficient (Wildman–Crippen LogP) is 5.01. The molecular formula is C25H30N4O. The van der Waals surface area contributed by atoms with Crippen molar-refractivity contribution in [2.24, 2.45) is 5.92 Å². The molecule has 30 heavy (non-hydrogen) atoms. The summed E-state index contributed by atoms with van der Waals surface area (Å²) in [5.41, 5.74) is 5.90. The first kappa shape index (κ1) is 18.0. The SMILES string of the molecule is C[C@H]1C[C@H]2CC[C@@H](C[C@@H]1Nc1ccc3c(c1)COc1cc(-n4cccn4)ccc1-3)N2.[HH]. The summed E-state index contributed by atoms with van der Waals surface area (Å²) in [4.78, 5) is 0. The van der Waals surface area contributed by atoms with E-state index in [1.165, 1.54) is 42.5 Å². The lowest BCUT2D eigenvalue weighted by molar-refractivity contribution is 0.302. The summed E-state index contributed by atoms with van der Waals surface area (Å²) in [6.45, 7) is 3.00. The molecule has 3 aliphatic heterocycles. The van der Waals surface area contributed by atoms with Crippen LogP contribution in [0.15, 0.2) is 54.9 Å². The van der Waals surface area contributed by atoms with E-state index < -0.39 is 0 Å². The average Bonchev–Trinajstić information content (AvgIpc) is 3.42. The van der Waals surface area contributed by atoms with Crippen molar-refractivity contribution in [1.29, 1.82) is 0 Å². The van der Waals surface area contributed by atoms with E-state index in [1.807, 2.05) is 16.9 Å². The van der Waals surface area contributed by atoms with Gasteiger partial charge in [0, 0.05) is 49.3 Å². The molecule has 5 heteroatoms. The van der Waals surface area contributed by atoms with Gasteiger partial charge in [-0.25, -0.2) is 4.68 Å². The Bertz CT molecular complexity index is 1070. The van der Waals surface area contributed by atoms with Crippen molar-refractivity contribution in [3.8, 4) is 22.6 Å². The van der Waals surface area contributed by atoms with Crippen molar-refractivity contribution in [3.05, 3.63) is 60.4 Å². The second kappa shape index (κ2) is 7.17. The molecule has 3 aromatic rings. The van der Waals surface area contributed by atoms with E-state index in [1.54, 1.807) is 6.20 Å². The Morgan fingerprint density at radius 1 is 1.10 bits per heavy atom. The zero-order valence-corrected chi connectivity index (χ0v) is 17.3. The summed E-state index contributed by atoms with van der Waals surface area (Å²) < 4.78 is 8.00. The summed E-state index contributed by atoms with van der Waals surface area (Å²) >= 11 is 0. The maximum Gasteiger partial charge on any atom is 0.129 e. The van der Waals surface area contributed by atoms with Crippen molar-refractivity contribution in [3.63, 3.8) is 0 Å². The minimum absolute atomic E-state index is 0. The van der Waals surface area contributed by atoms with Crippen LogP contribution in [0.2, 0.25) is 0 Å².